The molecule has 0 saturated carbocycles. The topological polar surface area (TPSA) is 56.6 Å². The van der Waals surface area contributed by atoms with Gasteiger partial charge in [-0.1, -0.05) is 12.1 Å². The first-order valence-corrected chi connectivity index (χ1v) is 8.64. The Hall–Kier alpha value is -1.90. The van der Waals surface area contributed by atoms with E-state index in [9.17, 15) is 10.1 Å². The average Bonchev–Trinajstić information content (AvgIpc) is 2.54. The van der Waals surface area contributed by atoms with Crippen LogP contribution < -0.4 is 4.90 Å². The van der Waals surface area contributed by atoms with Crippen molar-refractivity contribution < 1.29 is 9.53 Å². The van der Waals surface area contributed by atoms with E-state index in [1.807, 2.05) is 18.2 Å². The Morgan fingerprint density at radius 1 is 1.33 bits per heavy atom. The number of benzene rings is 1. The summed E-state index contributed by atoms with van der Waals surface area (Å²) < 4.78 is 5.78. The van der Waals surface area contributed by atoms with Crippen LogP contribution in [0.2, 0.25) is 0 Å². The van der Waals surface area contributed by atoms with Crippen molar-refractivity contribution >= 4 is 11.6 Å². The van der Waals surface area contributed by atoms with E-state index in [4.69, 9.17) is 4.74 Å². The van der Waals surface area contributed by atoms with Crippen molar-refractivity contribution in [3.63, 3.8) is 0 Å². The van der Waals surface area contributed by atoms with Gasteiger partial charge in [0.1, 0.15) is 6.07 Å². The molecule has 2 saturated heterocycles. The van der Waals surface area contributed by atoms with E-state index in [-0.39, 0.29) is 11.5 Å². The van der Waals surface area contributed by atoms with Crippen LogP contribution in [0.25, 0.3) is 0 Å². The molecular formula is C19H25N3O2. The predicted molar refractivity (Wildman–Crippen MR) is 92.7 cm³/mol. The van der Waals surface area contributed by atoms with Crippen LogP contribution in [0.4, 0.5) is 5.69 Å². The lowest BCUT2D eigenvalue weighted by Crippen LogP contribution is -2.52. The second kappa shape index (κ2) is 6.92. The first kappa shape index (κ1) is 16.9. The number of nitriles is 1. The Labute approximate surface area is 143 Å². The van der Waals surface area contributed by atoms with Crippen LogP contribution in [-0.4, -0.2) is 49.2 Å². The van der Waals surface area contributed by atoms with Gasteiger partial charge >= 0.3 is 0 Å². The maximum Gasteiger partial charge on any atom is 0.241 e. The fourth-order valence-corrected chi connectivity index (χ4v) is 3.82. The highest BCUT2D eigenvalue weighted by molar-refractivity contribution is 5.96. The third kappa shape index (κ3) is 3.77. The Bertz CT molecular complexity index is 650. The maximum absolute atomic E-state index is 12.6. The molecule has 0 aliphatic carbocycles. The zero-order valence-corrected chi connectivity index (χ0v) is 14.5. The van der Waals surface area contributed by atoms with Crippen LogP contribution in [0.15, 0.2) is 24.3 Å². The van der Waals surface area contributed by atoms with Gasteiger partial charge in [0.25, 0.3) is 0 Å². The molecule has 0 spiro atoms. The van der Waals surface area contributed by atoms with E-state index in [2.05, 4.69) is 24.8 Å². The van der Waals surface area contributed by atoms with Gasteiger partial charge in [0.05, 0.1) is 23.4 Å². The van der Waals surface area contributed by atoms with Gasteiger partial charge in [0.2, 0.25) is 5.91 Å². The largest absolute Gasteiger partial charge is 0.376 e. The van der Waals surface area contributed by atoms with Crippen molar-refractivity contribution in [2.45, 2.75) is 32.3 Å². The Kier molecular flexibility index (Phi) is 4.88. The Morgan fingerprint density at radius 2 is 2.12 bits per heavy atom. The van der Waals surface area contributed by atoms with Crippen molar-refractivity contribution in [1.82, 2.24) is 4.90 Å². The zero-order chi connectivity index (χ0) is 17.2. The van der Waals surface area contributed by atoms with E-state index in [0.717, 1.165) is 38.2 Å². The molecule has 0 aromatic heterocycles. The van der Waals surface area contributed by atoms with Gasteiger partial charge < -0.3 is 9.64 Å². The molecule has 2 heterocycles. The standard InChI is InChI=1S/C19H25N3O2/c1-19(2)11-15(7-10-24-19)13-21-8-9-22(18(23)14-21)17-6-4-3-5-16(17)12-20/h3-6,15H,7-11,13-14H2,1-2H3. The highest BCUT2D eigenvalue weighted by Crippen LogP contribution is 2.30. The quantitative estimate of drug-likeness (QED) is 0.855. The van der Waals surface area contributed by atoms with Gasteiger partial charge in [0, 0.05) is 26.2 Å². The molecule has 1 aromatic rings. The van der Waals surface area contributed by atoms with Crippen LogP contribution in [0, 0.1) is 17.2 Å². The molecule has 1 aromatic carbocycles. The summed E-state index contributed by atoms with van der Waals surface area (Å²) in [6, 6.07) is 9.50. The lowest BCUT2D eigenvalue weighted by Gasteiger charge is -2.40. The summed E-state index contributed by atoms with van der Waals surface area (Å²) in [4.78, 5) is 16.6. The summed E-state index contributed by atoms with van der Waals surface area (Å²) in [5.41, 5.74) is 1.24. The molecule has 24 heavy (non-hydrogen) atoms. The van der Waals surface area contributed by atoms with E-state index in [1.165, 1.54) is 0 Å². The molecule has 2 fully saturated rings. The molecule has 0 bridgehead atoms. The number of amides is 1. The highest BCUT2D eigenvalue weighted by Gasteiger charge is 2.32. The molecule has 0 N–H and O–H groups in total. The summed E-state index contributed by atoms with van der Waals surface area (Å²) in [7, 11) is 0. The molecule has 2 aliphatic heterocycles. The molecular weight excluding hydrogens is 302 g/mol. The van der Waals surface area contributed by atoms with Gasteiger partial charge in [-0.3, -0.25) is 9.69 Å². The number of nitrogens with zero attached hydrogens (tertiary/aromatic N) is 3. The van der Waals surface area contributed by atoms with Gasteiger partial charge in [0.15, 0.2) is 0 Å². The SMILES string of the molecule is CC1(C)CC(CN2CCN(c3ccccc3C#N)C(=O)C2)CCO1. The zero-order valence-electron chi connectivity index (χ0n) is 14.5. The number of piperazine rings is 1. The summed E-state index contributed by atoms with van der Waals surface area (Å²) in [6.45, 7) is 7.96. The number of anilines is 1. The minimum Gasteiger partial charge on any atom is -0.376 e. The van der Waals surface area contributed by atoms with E-state index in [0.29, 0.717) is 24.6 Å². The minimum absolute atomic E-state index is 0.0551. The van der Waals surface area contributed by atoms with Gasteiger partial charge in [-0.25, -0.2) is 0 Å². The van der Waals surface area contributed by atoms with Crippen molar-refractivity contribution in [2.75, 3.05) is 37.7 Å². The average molecular weight is 327 g/mol. The van der Waals surface area contributed by atoms with E-state index in [1.54, 1.807) is 11.0 Å². The summed E-state index contributed by atoms with van der Waals surface area (Å²) in [6.07, 6.45) is 2.10. The molecule has 0 radical (unpaired) electrons. The molecule has 1 amide bonds. The second-order valence-electron chi connectivity index (χ2n) is 7.38. The van der Waals surface area contributed by atoms with Crippen LogP contribution in [0.5, 0.6) is 0 Å². The highest BCUT2D eigenvalue weighted by atomic mass is 16.5. The third-order valence-corrected chi connectivity index (χ3v) is 4.93. The van der Waals surface area contributed by atoms with Crippen molar-refractivity contribution in [2.24, 2.45) is 5.92 Å². The Morgan fingerprint density at radius 3 is 2.83 bits per heavy atom. The molecule has 2 aliphatic rings. The van der Waals surface area contributed by atoms with Crippen LogP contribution >= 0.6 is 0 Å². The first-order chi connectivity index (χ1) is 11.5. The van der Waals surface area contributed by atoms with Gasteiger partial charge in [-0.05, 0) is 44.7 Å². The van der Waals surface area contributed by atoms with E-state index < -0.39 is 0 Å². The minimum atomic E-state index is -0.0551. The molecule has 5 nitrogen and oxygen atoms in total. The smallest absolute Gasteiger partial charge is 0.241 e. The van der Waals surface area contributed by atoms with Crippen molar-refractivity contribution in [3.05, 3.63) is 29.8 Å². The van der Waals surface area contributed by atoms with Crippen LogP contribution in [0.1, 0.15) is 32.3 Å². The van der Waals surface area contributed by atoms with Gasteiger partial charge in [-0.15, -0.1) is 0 Å². The number of hydrogen-bond acceptors (Lipinski definition) is 4. The molecule has 1 atom stereocenters. The Balaban J connectivity index is 1.61. The number of carbonyl (C=O) groups is 1. The number of rotatable bonds is 3. The lowest BCUT2D eigenvalue weighted by molar-refractivity contribution is -0.122. The predicted octanol–water partition coefficient (Wildman–Crippen LogP) is 2.41. The number of ether oxygens (including phenoxy) is 1. The summed E-state index contributed by atoms with van der Waals surface area (Å²) >= 11 is 0. The fourth-order valence-electron chi connectivity index (χ4n) is 3.82. The van der Waals surface area contributed by atoms with Gasteiger partial charge in [-0.2, -0.15) is 5.26 Å². The molecule has 3 rings (SSSR count). The van der Waals surface area contributed by atoms with Crippen molar-refractivity contribution in [1.29, 1.82) is 5.26 Å². The normalized spacial score (nSPS) is 24.6. The van der Waals surface area contributed by atoms with E-state index >= 15 is 0 Å². The molecule has 5 heteroatoms. The summed E-state index contributed by atoms with van der Waals surface area (Å²) in [5, 5.41) is 9.24. The monoisotopic (exact) mass is 327 g/mol. The van der Waals surface area contributed by atoms with Crippen molar-refractivity contribution in [3.8, 4) is 6.07 Å². The molecule has 128 valence electrons. The maximum atomic E-state index is 12.6. The lowest BCUT2D eigenvalue weighted by atomic mass is 9.88. The van der Waals surface area contributed by atoms with Crippen LogP contribution in [0.3, 0.4) is 0 Å². The fraction of sp³-hybridized carbons (Fsp3) is 0.579. The summed E-state index contributed by atoms with van der Waals surface area (Å²) in [5.74, 6) is 0.662. The molecule has 1 unspecified atom stereocenters. The number of hydrogen-bond donors (Lipinski definition) is 0. The second-order valence-corrected chi connectivity index (χ2v) is 7.38. The first-order valence-electron chi connectivity index (χ1n) is 8.64. The van der Waals surface area contributed by atoms with Crippen LogP contribution in [-0.2, 0) is 9.53 Å². The number of para-hydroxylation sites is 1. The third-order valence-electron chi connectivity index (χ3n) is 4.93. The number of carbonyl (C=O) groups excluding carboxylic acids is 1.